The van der Waals surface area contributed by atoms with Crippen molar-refractivity contribution < 1.29 is 28.5 Å². The molecule has 8 nitrogen and oxygen atoms in total. The largest absolute Gasteiger partial charge is 0.497 e. The first kappa shape index (κ1) is 23.0. The first-order valence-electron chi connectivity index (χ1n) is 10.2. The van der Waals surface area contributed by atoms with Crippen LogP contribution in [0, 0.1) is 6.92 Å². The van der Waals surface area contributed by atoms with Crippen molar-refractivity contribution in [2.75, 3.05) is 34.5 Å². The number of urea groups is 1. The molecule has 0 saturated carbocycles. The van der Waals surface area contributed by atoms with E-state index in [1.54, 1.807) is 39.3 Å². The van der Waals surface area contributed by atoms with Gasteiger partial charge in [-0.05, 0) is 49.7 Å². The lowest BCUT2D eigenvalue weighted by atomic mass is 9.93. The van der Waals surface area contributed by atoms with Gasteiger partial charge in [-0.25, -0.2) is 9.59 Å². The van der Waals surface area contributed by atoms with Crippen LogP contribution in [0.15, 0.2) is 53.7 Å². The molecule has 8 heteroatoms. The molecule has 1 heterocycles. The van der Waals surface area contributed by atoms with Crippen LogP contribution in [0.1, 0.15) is 24.1 Å². The molecule has 0 radical (unpaired) electrons. The molecule has 2 aromatic carbocycles. The second-order valence-corrected chi connectivity index (χ2v) is 7.24. The van der Waals surface area contributed by atoms with Crippen LogP contribution >= 0.6 is 0 Å². The van der Waals surface area contributed by atoms with Gasteiger partial charge in [-0.2, -0.15) is 0 Å². The lowest BCUT2D eigenvalue weighted by Gasteiger charge is -2.35. The van der Waals surface area contributed by atoms with Gasteiger partial charge in [-0.3, -0.25) is 4.90 Å². The van der Waals surface area contributed by atoms with E-state index in [-0.39, 0.29) is 24.8 Å². The van der Waals surface area contributed by atoms with Gasteiger partial charge in [0, 0.05) is 12.6 Å². The van der Waals surface area contributed by atoms with Crippen LogP contribution in [0.3, 0.4) is 0 Å². The molecule has 0 unspecified atom stereocenters. The van der Waals surface area contributed by atoms with Crippen LogP contribution in [0.25, 0.3) is 0 Å². The number of hydrogen-bond donors (Lipinski definition) is 1. The van der Waals surface area contributed by atoms with Crippen LogP contribution in [-0.4, -0.2) is 51.4 Å². The number of aryl methyl sites for hydroxylation is 1. The molecule has 0 bridgehead atoms. The number of likely N-dealkylation sites (N-methyl/N-ethyl adjacent to an activating group) is 1. The fraction of sp³-hybridized carbons (Fsp3) is 0.333. The molecule has 1 aliphatic rings. The van der Waals surface area contributed by atoms with Crippen molar-refractivity contribution in [2.45, 2.75) is 19.9 Å². The number of rotatable bonds is 8. The van der Waals surface area contributed by atoms with Gasteiger partial charge in [0.25, 0.3) is 0 Å². The summed E-state index contributed by atoms with van der Waals surface area (Å²) in [6.45, 7) is 3.88. The Kier molecular flexibility index (Phi) is 7.25. The Labute approximate surface area is 187 Å². The fourth-order valence-electron chi connectivity index (χ4n) is 3.54. The molecule has 2 amide bonds. The predicted molar refractivity (Wildman–Crippen MR) is 119 cm³/mol. The quantitative estimate of drug-likeness (QED) is 0.631. The molecule has 0 aromatic heterocycles. The molecule has 170 valence electrons. The minimum absolute atomic E-state index is 0.00427. The molecule has 1 atom stereocenters. The maximum atomic E-state index is 13.1. The van der Waals surface area contributed by atoms with Gasteiger partial charge in [0.15, 0.2) is 0 Å². The van der Waals surface area contributed by atoms with Gasteiger partial charge in [-0.1, -0.05) is 12.1 Å². The van der Waals surface area contributed by atoms with Crippen LogP contribution in [0.5, 0.6) is 17.2 Å². The third-order valence-corrected chi connectivity index (χ3v) is 5.19. The zero-order valence-corrected chi connectivity index (χ0v) is 18.9. The maximum absolute atomic E-state index is 13.1. The van der Waals surface area contributed by atoms with Crippen molar-refractivity contribution in [3.8, 4) is 17.2 Å². The highest BCUT2D eigenvalue weighted by atomic mass is 16.5. The van der Waals surface area contributed by atoms with E-state index in [0.29, 0.717) is 28.5 Å². The Morgan fingerprint density at radius 1 is 1.09 bits per heavy atom. The van der Waals surface area contributed by atoms with E-state index in [1.165, 1.54) is 12.0 Å². The van der Waals surface area contributed by atoms with Gasteiger partial charge in [0.2, 0.25) is 0 Å². The van der Waals surface area contributed by atoms with E-state index < -0.39 is 12.0 Å². The Morgan fingerprint density at radius 2 is 1.88 bits per heavy atom. The highest BCUT2D eigenvalue weighted by Gasteiger charge is 2.38. The molecule has 1 N–H and O–H groups in total. The zero-order chi connectivity index (χ0) is 23.3. The van der Waals surface area contributed by atoms with Gasteiger partial charge in [0.1, 0.15) is 23.9 Å². The lowest BCUT2D eigenvalue weighted by molar-refractivity contribution is -0.139. The number of ether oxygens (including phenoxy) is 4. The van der Waals surface area contributed by atoms with Crippen molar-refractivity contribution in [3.05, 3.63) is 64.9 Å². The number of carbonyl (C=O) groups excluding carboxylic acids is 2. The van der Waals surface area contributed by atoms with E-state index in [0.717, 1.165) is 5.56 Å². The summed E-state index contributed by atoms with van der Waals surface area (Å²) < 4.78 is 22.1. The highest BCUT2D eigenvalue weighted by molar-refractivity contribution is 5.95. The summed E-state index contributed by atoms with van der Waals surface area (Å²) in [7, 11) is 4.65. The van der Waals surface area contributed by atoms with Crippen molar-refractivity contribution in [2.24, 2.45) is 0 Å². The number of nitrogens with one attached hydrogen (secondary N) is 1. The van der Waals surface area contributed by atoms with E-state index in [1.807, 2.05) is 31.2 Å². The zero-order valence-electron chi connectivity index (χ0n) is 18.9. The van der Waals surface area contributed by atoms with Crippen LogP contribution < -0.4 is 19.5 Å². The first-order valence-corrected chi connectivity index (χ1v) is 10.2. The molecule has 32 heavy (non-hydrogen) atoms. The van der Waals surface area contributed by atoms with Crippen molar-refractivity contribution in [1.82, 2.24) is 10.2 Å². The Bertz CT molecular complexity index is 1030. The minimum atomic E-state index is -0.807. The second-order valence-electron chi connectivity index (χ2n) is 7.24. The van der Waals surface area contributed by atoms with E-state index in [9.17, 15) is 9.59 Å². The van der Waals surface area contributed by atoms with E-state index >= 15 is 0 Å². The summed E-state index contributed by atoms with van der Waals surface area (Å²) >= 11 is 0. The number of amides is 2. The predicted octanol–water partition coefficient (Wildman–Crippen LogP) is 3.60. The van der Waals surface area contributed by atoms with Crippen LogP contribution in [0.4, 0.5) is 4.79 Å². The van der Waals surface area contributed by atoms with Crippen molar-refractivity contribution >= 4 is 12.0 Å². The number of carbonyl (C=O) groups is 2. The summed E-state index contributed by atoms with van der Waals surface area (Å²) in [4.78, 5) is 27.3. The maximum Gasteiger partial charge on any atom is 0.338 e. The molecular weight excluding hydrogens is 412 g/mol. The number of methoxy groups -OCH3 is 2. The third kappa shape index (κ3) is 4.80. The monoisotopic (exact) mass is 440 g/mol. The topological polar surface area (TPSA) is 86.3 Å². The summed E-state index contributed by atoms with van der Waals surface area (Å²) in [5.74, 6) is 1.16. The number of benzene rings is 2. The molecule has 0 fully saturated rings. The van der Waals surface area contributed by atoms with Crippen LogP contribution in [-0.2, 0) is 9.53 Å². The SMILES string of the molecule is CCOC(=O)C1=C(COc2cccc(C)c2)N(C)C(=O)N[C@H]1c1cc(OC)ccc1OC. The van der Waals surface area contributed by atoms with E-state index in [2.05, 4.69) is 5.32 Å². The van der Waals surface area contributed by atoms with Gasteiger partial charge < -0.3 is 24.3 Å². The van der Waals surface area contributed by atoms with Gasteiger partial charge >= 0.3 is 12.0 Å². The number of nitrogens with zero attached hydrogens (tertiary/aromatic N) is 1. The van der Waals surface area contributed by atoms with Gasteiger partial charge in [0.05, 0.1) is 38.1 Å². The Hall–Kier alpha value is -3.68. The Balaban J connectivity index is 2.11. The number of hydrogen-bond acceptors (Lipinski definition) is 6. The summed E-state index contributed by atoms with van der Waals surface area (Å²) in [6.07, 6.45) is 0. The molecule has 2 aromatic rings. The average Bonchev–Trinajstić information content (AvgIpc) is 2.79. The smallest absolute Gasteiger partial charge is 0.338 e. The second kappa shape index (κ2) is 10.1. The highest BCUT2D eigenvalue weighted by Crippen LogP contribution is 2.37. The van der Waals surface area contributed by atoms with E-state index in [4.69, 9.17) is 18.9 Å². The molecule has 1 aliphatic heterocycles. The lowest BCUT2D eigenvalue weighted by Crippen LogP contribution is -2.48. The summed E-state index contributed by atoms with van der Waals surface area (Å²) in [5, 5.41) is 2.87. The molecule has 0 aliphatic carbocycles. The minimum Gasteiger partial charge on any atom is -0.497 e. The molecule has 3 rings (SSSR count). The standard InChI is InChI=1S/C24H28N2O6/c1-6-31-23(27)21-19(14-32-17-9-7-8-15(2)12-17)26(3)24(28)25-22(21)18-13-16(29-4)10-11-20(18)30-5/h7-13,22H,6,14H2,1-5H3,(H,25,28)/t22-/m0/s1. The molecule has 0 spiro atoms. The van der Waals surface area contributed by atoms with Crippen LogP contribution in [0.2, 0.25) is 0 Å². The van der Waals surface area contributed by atoms with Crippen molar-refractivity contribution in [3.63, 3.8) is 0 Å². The molecular formula is C24H28N2O6. The average molecular weight is 440 g/mol. The fourth-order valence-corrected chi connectivity index (χ4v) is 3.54. The van der Waals surface area contributed by atoms with Crippen molar-refractivity contribution in [1.29, 1.82) is 0 Å². The Morgan fingerprint density at radius 3 is 2.53 bits per heavy atom. The first-order chi connectivity index (χ1) is 15.4. The van der Waals surface area contributed by atoms with Gasteiger partial charge in [-0.15, -0.1) is 0 Å². The molecule has 0 saturated heterocycles. The normalized spacial score (nSPS) is 15.8. The summed E-state index contributed by atoms with van der Waals surface area (Å²) in [5.41, 5.74) is 2.29. The third-order valence-electron chi connectivity index (χ3n) is 5.19. The summed E-state index contributed by atoms with van der Waals surface area (Å²) in [6, 6.07) is 11.6. The number of esters is 1.